The Morgan fingerprint density at radius 2 is 0.581 bits per heavy atom. The summed E-state index contributed by atoms with van der Waals surface area (Å²) in [7, 11) is 0. The van der Waals surface area contributed by atoms with Crippen LogP contribution in [0.5, 0.6) is 0 Å². The molecular formula is C42H29N. The van der Waals surface area contributed by atoms with Crippen LogP contribution >= 0.6 is 0 Å². The third kappa shape index (κ3) is 4.62. The van der Waals surface area contributed by atoms with Gasteiger partial charge in [-0.3, -0.25) is 0 Å². The molecule has 0 atom stereocenters. The molecule has 0 N–H and O–H groups in total. The Hall–Kier alpha value is -5.66. The molecule has 0 bridgehead atoms. The van der Waals surface area contributed by atoms with E-state index in [0.717, 1.165) is 5.69 Å². The molecule has 8 rings (SSSR count). The summed E-state index contributed by atoms with van der Waals surface area (Å²) in [6.45, 7) is 0. The lowest BCUT2D eigenvalue weighted by atomic mass is 9.95. The first-order chi connectivity index (χ1) is 21.3. The van der Waals surface area contributed by atoms with Crippen molar-refractivity contribution in [1.29, 1.82) is 0 Å². The van der Waals surface area contributed by atoms with Crippen molar-refractivity contribution in [3.8, 4) is 50.2 Å². The van der Waals surface area contributed by atoms with Gasteiger partial charge in [0.05, 0.1) is 11.0 Å². The zero-order valence-corrected chi connectivity index (χ0v) is 23.7. The van der Waals surface area contributed by atoms with Gasteiger partial charge >= 0.3 is 0 Å². The molecule has 1 heteroatoms. The smallest absolute Gasteiger partial charge is 0.0541 e. The van der Waals surface area contributed by atoms with Crippen molar-refractivity contribution < 1.29 is 0 Å². The minimum absolute atomic E-state index is 1.16. The molecule has 0 saturated heterocycles. The van der Waals surface area contributed by atoms with Crippen molar-refractivity contribution in [3.63, 3.8) is 0 Å². The van der Waals surface area contributed by atoms with E-state index in [1.165, 1.54) is 66.3 Å². The Labute approximate surface area is 251 Å². The van der Waals surface area contributed by atoms with Crippen LogP contribution in [0.2, 0.25) is 0 Å². The van der Waals surface area contributed by atoms with Crippen LogP contribution in [0.3, 0.4) is 0 Å². The molecule has 0 radical (unpaired) electrons. The molecule has 0 amide bonds. The summed E-state index contributed by atoms with van der Waals surface area (Å²) < 4.78 is 2.41. The molecule has 202 valence electrons. The zero-order chi connectivity index (χ0) is 28.6. The first-order valence-electron chi connectivity index (χ1n) is 14.8. The highest BCUT2D eigenvalue weighted by molar-refractivity contribution is 6.09. The lowest BCUT2D eigenvalue weighted by Gasteiger charge is -2.15. The van der Waals surface area contributed by atoms with E-state index in [0.29, 0.717) is 0 Å². The van der Waals surface area contributed by atoms with Crippen LogP contribution in [-0.2, 0) is 0 Å². The van der Waals surface area contributed by atoms with E-state index in [9.17, 15) is 0 Å². The predicted octanol–water partition coefficient (Wildman–Crippen LogP) is 11.5. The minimum atomic E-state index is 1.16. The summed E-state index contributed by atoms with van der Waals surface area (Å²) in [5.74, 6) is 0. The third-order valence-electron chi connectivity index (χ3n) is 8.41. The fourth-order valence-electron chi connectivity index (χ4n) is 6.25. The molecule has 43 heavy (non-hydrogen) atoms. The number of para-hydroxylation sites is 2. The van der Waals surface area contributed by atoms with Gasteiger partial charge in [0.25, 0.3) is 0 Å². The number of aromatic nitrogens is 1. The van der Waals surface area contributed by atoms with Crippen LogP contribution < -0.4 is 0 Å². The maximum Gasteiger partial charge on any atom is 0.0541 e. The van der Waals surface area contributed by atoms with Crippen molar-refractivity contribution in [1.82, 2.24) is 4.57 Å². The molecule has 1 nitrogen and oxygen atoms in total. The van der Waals surface area contributed by atoms with Gasteiger partial charge in [0.2, 0.25) is 0 Å². The van der Waals surface area contributed by atoms with Crippen molar-refractivity contribution in [2.75, 3.05) is 0 Å². The zero-order valence-electron chi connectivity index (χ0n) is 23.7. The van der Waals surface area contributed by atoms with Crippen molar-refractivity contribution >= 4 is 21.8 Å². The summed E-state index contributed by atoms with van der Waals surface area (Å²) >= 11 is 0. The number of benzene rings is 7. The van der Waals surface area contributed by atoms with Gasteiger partial charge in [-0.15, -0.1) is 0 Å². The summed E-state index contributed by atoms with van der Waals surface area (Å²) in [6.07, 6.45) is 0. The van der Waals surface area contributed by atoms with Crippen molar-refractivity contribution in [2.24, 2.45) is 0 Å². The number of hydrogen-bond donors (Lipinski definition) is 0. The van der Waals surface area contributed by atoms with E-state index in [2.05, 4.69) is 180 Å². The summed E-state index contributed by atoms with van der Waals surface area (Å²) in [5.41, 5.74) is 13.3. The molecule has 1 aromatic heterocycles. The van der Waals surface area contributed by atoms with Gasteiger partial charge in [-0.1, -0.05) is 146 Å². The molecular weight excluding hydrogens is 518 g/mol. The molecule has 0 aliphatic rings. The van der Waals surface area contributed by atoms with E-state index < -0.39 is 0 Å². The van der Waals surface area contributed by atoms with Gasteiger partial charge in [-0.25, -0.2) is 0 Å². The number of rotatable bonds is 5. The molecule has 1 heterocycles. The Kier molecular flexibility index (Phi) is 6.20. The van der Waals surface area contributed by atoms with Crippen LogP contribution in [0.1, 0.15) is 0 Å². The Morgan fingerprint density at radius 1 is 0.256 bits per heavy atom. The van der Waals surface area contributed by atoms with Gasteiger partial charge < -0.3 is 4.57 Å². The molecule has 7 aromatic carbocycles. The highest BCUT2D eigenvalue weighted by Crippen LogP contribution is 2.37. The predicted molar refractivity (Wildman–Crippen MR) is 183 cm³/mol. The highest BCUT2D eigenvalue weighted by Gasteiger charge is 2.14. The third-order valence-corrected chi connectivity index (χ3v) is 8.41. The van der Waals surface area contributed by atoms with Crippen LogP contribution in [0.4, 0.5) is 0 Å². The van der Waals surface area contributed by atoms with Crippen LogP contribution in [-0.4, -0.2) is 4.57 Å². The largest absolute Gasteiger partial charge is 0.309 e. The van der Waals surface area contributed by atoms with Gasteiger partial charge in [0.1, 0.15) is 0 Å². The second kappa shape index (κ2) is 10.6. The molecule has 0 aliphatic heterocycles. The maximum absolute atomic E-state index is 2.41. The Morgan fingerprint density at radius 3 is 1.00 bits per heavy atom. The topological polar surface area (TPSA) is 4.93 Å². The molecule has 0 saturated carbocycles. The fourth-order valence-corrected chi connectivity index (χ4v) is 6.25. The summed E-state index contributed by atoms with van der Waals surface area (Å²) in [5, 5.41) is 2.54. The first-order valence-corrected chi connectivity index (χ1v) is 14.8. The quantitative estimate of drug-likeness (QED) is 0.202. The lowest BCUT2D eigenvalue weighted by Crippen LogP contribution is -1.96. The normalized spacial score (nSPS) is 11.3. The summed E-state index contributed by atoms with van der Waals surface area (Å²) in [6, 6.07) is 63.4. The lowest BCUT2D eigenvalue weighted by molar-refractivity contribution is 1.18. The fraction of sp³-hybridized carbons (Fsp3) is 0. The Balaban J connectivity index is 1.31. The molecule has 8 aromatic rings. The summed E-state index contributed by atoms with van der Waals surface area (Å²) in [4.78, 5) is 0. The van der Waals surface area contributed by atoms with Crippen LogP contribution in [0, 0.1) is 0 Å². The van der Waals surface area contributed by atoms with E-state index in [4.69, 9.17) is 0 Å². The van der Waals surface area contributed by atoms with E-state index in [1.807, 2.05) is 0 Å². The second-order valence-electron chi connectivity index (χ2n) is 11.0. The number of fused-ring (bicyclic) bond motifs is 3. The van der Waals surface area contributed by atoms with Gasteiger partial charge in [0.15, 0.2) is 0 Å². The molecule has 0 aliphatic carbocycles. The SMILES string of the molecule is c1ccc(-c2ccc(-c3cc(-c4ccc(-c5ccccc5)cc4)cc(-n4c5ccccc5c5ccccc54)c3)cc2)cc1. The van der Waals surface area contributed by atoms with Crippen molar-refractivity contribution in [2.45, 2.75) is 0 Å². The van der Waals surface area contributed by atoms with Gasteiger partial charge in [-0.05, 0) is 74.8 Å². The monoisotopic (exact) mass is 547 g/mol. The van der Waals surface area contributed by atoms with E-state index in [-0.39, 0.29) is 0 Å². The van der Waals surface area contributed by atoms with Gasteiger partial charge in [0, 0.05) is 16.5 Å². The standard InChI is InChI=1S/C42H29N/c1-3-11-30(12-4-1)32-19-23-34(24-20-32)36-27-37(35-25-21-33(22-26-35)31-13-5-2-6-14-31)29-38(28-36)43-41-17-9-7-15-39(41)40-16-8-10-18-42(40)43/h1-29H. The molecule has 0 fully saturated rings. The number of hydrogen-bond acceptors (Lipinski definition) is 0. The average Bonchev–Trinajstić information content (AvgIpc) is 3.43. The second-order valence-corrected chi connectivity index (χ2v) is 11.0. The molecule has 0 unspecified atom stereocenters. The minimum Gasteiger partial charge on any atom is -0.309 e. The maximum atomic E-state index is 2.41. The van der Waals surface area contributed by atoms with Gasteiger partial charge in [-0.2, -0.15) is 0 Å². The molecule has 0 spiro atoms. The van der Waals surface area contributed by atoms with Crippen LogP contribution in [0.15, 0.2) is 176 Å². The van der Waals surface area contributed by atoms with E-state index in [1.54, 1.807) is 0 Å². The number of nitrogens with zero attached hydrogens (tertiary/aromatic N) is 1. The average molecular weight is 548 g/mol. The van der Waals surface area contributed by atoms with Crippen molar-refractivity contribution in [3.05, 3.63) is 176 Å². The highest BCUT2D eigenvalue weighted by atomic mass is 15.0. The van der Waals surface area contributed by atoms with E-state index >= 15 is 0 Å². The van der Waals surface area contributed by atoms with Crippen LogP contribution in [0.25, 0.3) is 72.0 Å². The Bertz CT molecular complexity index is 2030. The first kappa shape index (κ1) is 25.1.